The molecule has 34 heavy (non-hydrogen) atoms. The van der Waals surface area contributed by atoms with E-state index in [2.05, 4.69) is 38.3 Å². The van der Waals surface area contributed by atoms with Gasteiger partial charge in [0, 0.05) is 48.0 Å². The molecule has 1 amide bonds. The van der Waals surface area contributed by atoms with Crippen molar-refractivity contribution >= 4 is 44.3 Å². The molecule has 3 aliphatic rings. The molecule has 2 aromatic heterocycles. The molecule has 2 fully saturated rings. The normalized spacial score (nSPS) is 26.1. The molecule has 4 heterocycles. The third-order valence-corrected chi connectivity index (χ3v) is 8.17. The lowest BCUT2D eigenvalue weighted by atomic mass is 10.0. The van der Waals surface area contributed by atoms with E-state index < -0.39 is 0 Å². The number of aromatic nitrogens is 3. The van der Waals surface area contributed by atoms with E-state index in [1.165, 1.54) is 6.92 Å². The Labute approximate surface area is 205 Å². The van der Waals surface area contributed by atoms with Crippen molar-refractivity contribution in [3.63, 3.8) is 0 Å². The van der Waals surface area contributed by atoms with E-state index in [0.717, 1.165) is 28.7 Å². The first-order valence-corrected chi connectivity index (χ1v) is 12.5. The van der Waals surface area contributed by atoms with Crippen LogP contribution in [0.25, 0.3) is 10.9 Å². The number of carbonyl (C=O) groups excluding carboxylic acids is 2. The Hall–Kier alpha value is -2.94. The molecular weight excluding hydrogens is 498 g/mol. The van der Waals surface area contributed by atoms with E-state index >= 15 is 0 Å². The Morgan fingerprint density at radius 1 is 1.32 bits per heavy atom. The van der Waals surface area contributed by atoms with Crippen molar-refractivity contribution in [2.45, 2.75) is 51.7 Å². The number of piperidine rings is 1. The van der Waals surface area contributed by atoms with Crippen LogP contribution in [0.5, 0.6) is 5.75 Å². The SMILES string of the molecule is CC(=O)c1nn2c3c(cccc13)OCCc1cc(ncc1Br)NC[C@@H]1CC3(C)C[C@H]3N1C(=O)C2. The van der Waals surface area contributed by atoms with Crippen LogP contribution in [0.4, 0.5) is 5.82 Å². The third-order valence-electron chi connectivity index (χ3n) is 7.46. The van der Waals surface area contributed by atoms with Crippen LogP contribution in [-0.4, -0.2) is 56.6 Å². The first-order valence-electron chi connectivity index (χ1n) is 11.7. The number of nitrogens with zero attached hydrogens (tertiary/aromatic N) is 4. The molecule has 1 aliphatic carbocycles. The quantitative estimate of drug-likeness (QED) is 0.487. The summed E-state index contributed by atoms with van der Waals surface area (Å²) in [7, 11) is 0. The highest BCUT2D eigenvalue weighted by atomic mass is 79.9. The number of fused-ring (bicyclic) bond motifs is 5. The van der Waals surface area contributed by atoms with Crippen LogP contribution in [0.3, 0.4) is 0 Å². The molecule has 1 saturated carbocycles. The number of ether oxygens (including phenoxy) is 1. The maximum atomic E-state index is 13.7. The molecule has 2 bridgehead atoms. The zero-order chi connectivity index (χ0) is 23.6. The fraction of sp³-hybridized carbons (Fsp3) is 0.440. The van der Waals surface area contributed by atoms with Gasteiger partial charge < -0.3 is 15.0 Å². The van der Waals surface area contributed by atoms with Crippen LogP contribution >= 0.6 is 15.9 Å². The van der Waals surface area contributed by atoms with Crippen LogP contribution in [-0.2, 0) is 17.8 Å². The Morgan fingerprint density at radius 2 is 2.18 bits per heavy atom. The van der Waals surface area contributed by atoms with E-state index in [1.807, 2.05) is 29.2 Å². The van der Waals surface area contributed by atoms with Gasteiger partial charge in [0.15, 0.2) is 5.78 Å². The molecule has 176 valence electrons. The number of halogens is 1. The molecule has 3 atom stereocenters. The molecule has 9 heteroatoms. The number of ketones is 1. The summed E-state index contributed by atoms with van der Waals surface area (Å²) in [4.78, 5) is 32.5. The van der Waals surface area contributed by atoms with Crippen molar-refractivity contribution in [3.8, 4) is 5.75 Å². The van der Waals surface area contributed by atoms with E-state index in [9.17, 15) is 9.59 Å². The minimum atomic E-state index is -0.131. The topological polar surface area (TPSA) is 89.3 Å². The van der Waals surface area contributed by atoms with Gasteiger partial charge in [-0.25, -0.2) is 4.98 Å². The lowest BCUT2D eigenvalue weighted by Gasteiger charge is -2.28. The van der Waals surface area contributed by atoms with E-state index in [0.29, 0.717) is 41.9 Å². The van der Waals surface area contributed by atoms with Crippen molar-refractivity contribution in [2.24, 2.45) is 5.41 Å². The second-order valence-corrected chi connectivity index (χ2v) is 10.7. The van der Waals surface area contributed by atoms with Crippen molar-refractivity contribution in [2.75, 3.05) is 18.5 Å². The number of amides is 1. The summed E-state index contributed by atoms with van der Waals surface area (Å²) in [6.45, 7) is 4.92. The van der Waals surface area contributed by atoms with Crippen molar-refractivity contribution in [1.29, 1.82) is 0 Å². The molecule has 3 aromatic rings. The Bertz CT molecular complexity index is 1340. The largest absolute Gasteiger partial charge is 0.491 e. The van der Waals surface area contributed by atoms with Crippen LogP contribution < -0.4 is 10.1 Å². The molecule has 1 N–H and O–H groups in total. The minimum Gasteiger partial charge on any atom is -0.491 e. The number of hydrogen-bond donors (Lipinski definition) is 1. The minimum absolute atomic E-state index is 0.0201. The summed E-state index contributed by atoms with van der Waals surface area (Å²) in [5, 5.41) is 8.74. The van der Waals surface area contributed by atoms with Gasteiger partial charge in [-0.15, -0.1) is 0 Å². The molecule has 0 spiro atoms. The van der Waals surface area contributed by atoms with E-state index in [-0.39, 0.29) is 35.7 Å². The highest BCUT2D eigenvalue weighted by Gasteiger charge is 2.62. The van der Waals surface area contributed by atoms with E-state index in [1.54, 1.807) is 10.9 Å². The first-order chi connectivity index (χ1) is 16.3. The standard InChI is InChI=1S/C25H26BrN5O3/c1-14(32)23-17-4-3-5-19-24(17)30(29-23)13-22(33)31-16(9-25(2)10-20(25)31)11-27-21-8-15(6-7-34-19)18(26)12-28-21/h3-5,8,12,16,20H,6-7,9-11,13H2,1-2H3,(H,27,28)/t16-,20+,25?/m0/s1. The number of benzene rings is 1. The number of nitrogens with one attached hydrogen (secondary N) is 1. The molecule has 1 aromatic carbocycles. The number of rotatable bonds is 1. The Kier molecular flexibility index (Phi) is 4.95. The van der Waals surface area contributed by atoms with Crippen molar-refractivity contribution in [1.82, 2.24) is 19.7 Å². The first kappa shape index (κ1) is 21.6. The van der Waals surface area contributed by atoms with Gasteiger partial charge in [-0.05, 0) is 51.9 Å². The molecule has 2 aliphatic heterocycles. The average molecular weight is 524 g/mol. The van der Waals surface area contributed by atoms with Crippen molar-refractivity contribution < 1.29 is 14.3 Å². The van der Waals surface area contributed by atoms with Gasteiger partial charge >= 0.3 is 0 Å². The highest BCUT2D eigenvalue weighted by molar-refractivity contribution is 9.10. The Morgan fingerprint density at radius 3 is 3.00 bits per heavy atom. The molecule has 8 nitrogen and oxygen atoms in total. The van der Waals surface area contributed by atoms with Crippen LogP contribution in [0.2, 0.25) is 0 Å². The van der Waals surface area contributed by atoms with E-state index in [4.69, 9.17) is 4.74 Å². The maximum absolute atomic E-state index is 13.7. The average Bonchev–Trinajstić information content (AvgIpc) is 3.16. The summed E-state index contributed by atoms with van der Waals surface area (Å²) in [6, 6.07) is 7.98. The molecule has 1 unspecified atom stereocenters. The number of para-hydroxylation sites is 1. The zero-order valence-electron chi connectivity index (χ0n) is 19.2. The Balaban J connectivity index is 1.45. The van der Waals surface area contributed by atoms with Crippen LogP contribution in [0.1, 0.15) is 42.7 Å². The van der Waals surface area contributed by atoms with Crippen molar-refractivity contribution in [3.05, 3.63) is 46.2 Å². The number of anilines is 1. The number of Topliss-reactive ketones (excluding diaryl/α,β-unsaturated/α-hetero) is 1. The van der Waals surface area contributed by atoms with Crippen LogP contribution in [0, 0.1) is 5.41 Å². The number of pyridine rings is 1. The maximum Gasteiger partial charge on any atom is 0.244 e. The lowest BCUT2D eigenvalue weighted by molar-refractivity contribution is -0.133. The summed E-state index contributed by atoms with van der Waals surface area (Å²) >= 11 is 3.60. The van der Waals surface area contributed by atoms with Gasteiger partial charge in [-0.3, -0.25) is 14.3 Å². The molecule has 6 rings (SSSR count). The monoisotopic (exact) mass is 523 g/mol. The van der Waals surface area contributed by atoms with Gasteiger partial charge in [-0.2, -0.15) is 5.10 Å². The number of carbonyl (C=O) groups is 2. The van der Waals surface area contributed by atoms with Crippen LogP contribution in [0.15, 0.2) is 34.9 Å². The highest BCUT2D eigenvalue weighted by Crippen LogP contribution is 2.59. The zero-order valence-corrected chi connectivity index (χ0v) is 20.8. The molecule has 0 radical (unpaired) electrons. The van der Waals surface area contributed by atoms with Gasteiger partial charge in [-0.1, -0.05) is 19.1 Å². The second-order valence-electron chi connectivity index (χ2n) is 9.89. The smallest absolute Gasteiger partial charge is 0.244 e. The summed E-state index contributed by atoms with van der Waals surface area (Å²) in [5.41, 5.74) is 2.33. The fourth-order valence-electron chi connectivity index (χ4n) is 5.64. The lowest BCUT2D eigenvalue weighted by Crippen LogP contribution is -2.44. The van der Waals surface area contributed by atoms with Gasteiger partial charge in [0.2, 0.25) is 5.91 Å². The predicted octanol–water partition coefficient (Wildman–Crippen LogP) is 3.82. The predicted molar refractivity (Wildman–Crippen MR) is 131 cm³/mol. The van der Waals surface area contributed by atoms with Gasteiger partial charge in [0.1, 0.15) is 29.3 Å². The number of hydrogen-bond acceptors (Lipinski definition) is 6. The summed E-state index contributed by atoms with van der Waals surface area (Å²) in [5.74, 6) is 1.31. The third kappa shape index (κ3) is 3.48. The molecule has 1 saturated heterocycles. The summed E-state index contributed by atoms with van der Waals surface area (Å²) < 4.78 is 8.78. The fourth-order valence-corrected chi connectivity index (χ4v) is 6.06. The summed E-state index contributed by atoms with van der Waals surface area (Å²) in [6.07, 6.45) is 4.48. The second kappa shape index (κ2) is 7.80. The van der Waals surface area contributed by atoms with Gasteiger partial charge in [0.25, 0.3) is 0 Å². The van der Waals surface area contributed by atoms with Gasteiger partial charge in [0.05, 0.1) is 6.61 Å². The molecular formula is C25H26BrN5O3.